The number of rotatable bonds is 2. The van der Waals surface area contributed by atoms with Gasteiger partial charge in [-0.3, -0.25) is 4.79 Å². The van der Waals surface area contributed by atoms with Crippen molar-refractivity contribution < 1.29 is 9.90 Å². The summed E-state index contributed by atoms with van der Waals surface area (Å²) in [6.07, 6.45) is 2.86. The number of anilines is 1. The summed E-state index contributed by atoms with van der Waals surface area (Å²) >= 11 is 0. The summed E-state index contributed by atoms with van der Waals surface area (Å²) in [6.45, 7) is 3.48. The molecule has 4 heteroatoms. The molecule has 1 aromatic heterocycles. The molecule has 2 aromatic rings. The number of hydrogen-bond acceptors (Lipinski definition) is 3. The first-order valence-electron chi connectivity index (χ1n) is 7.95. The first-order chi connectivity index (χ1) is 10.6. The van der Waals surface area contributed by atoms with Gasteiger partial charge in [-0.25, -0.2) is 4.98 Å². The van der Waals surface area contributed by atoms with Gasteiger partial charge in [0.05, 0.1) is 10.9 Å². The molecule has 0 radical (unpaired) electrons. The van der Waals surface area contributed by atoms with E-state index in [4.69, 9.17) is 4.98 Å². The molecular weight excluding hydrogens is 276 g/mol. The molecule has 2 heterocycles. The molecule has 4 rings (SSSR count). The minimum absolute atomic E-state index is 0.262. The fourth-order valence-corrected chi connectivity index (χ4v) is 4.33. The van der Waals surface area contributed by atoms with Gasteiger partial charge in [-0.15, -0.1) is 0 Å². The van der Waals surface area contributed by atoms with E-state index in [0.717, 1.165) is 48.1 Å². The molecule has 2 aliphatic rings. The van der Waals surface area contributed by atoms with E-state index >= 15 is 0 Å². The van der Waals surface area contributed by atoms with Crippen LogP contribution in [0.15, 0.2) is 30.3 Å². The standard InChI is InChI=1S/C18H20N2O2/c1-12-9-13-5-2-3-7-15(13)19-16(12)20-10-14-6-4-8-18(14,11-20)17(21)22/h2-3,5,7,9,14H,4,6,8,10-11H2,1H3,(H,21,22)/t14-,18+/m0/s1. The van der Waals surface area contributed by atoms with Gasteiger partial charge in [-0.1, -0.05) is 24.6 Å². The Hall–Kier alpha value is -2.10. The van der Waals surface area contributed by atoms with Gasteiger partial charge in [-0.05, 0) is 43.4 Å². The van der Waals surface area contributed by atoms with Crippen LogP contribution in [0.3, 0.4) is 0 Å². The lowest BCUT2D eigenvalue weighted by molar-refractivity contribution is -0.149. The second-order valence-corrected chi connectivity index (χ2v) is 6.75. The smallest absolute Gasteiger partial charge is 0.311 e. The van der Waals surface area contributed by atoms with Crippen molar-refractivity contribution in [3.8, 4) is 0 Å². The number of pyridine rings is 1. The number of aliphatic carboxylic acids is 1. The molecule has 1 N–H and O–H groups in total. The average molecular weight is 296 g/mol. The van der Waals surface area contributed by atoms with Gasteiger partial charge in [0.15, 0.2) is 0 Å². The number of benzene rings is 1. The molecule has 0 amide bonds. The SMILES string of the molecule is Cc1cc2ccccc2nc1N1C[C@@H]2CCC[C@@]2(C(=O)O)C1. The maximum Gasteiger partial charge on any atom is 0.311 e. The zero-order valence-electron chi connectivity index (χ0n) is 12.7. The third kappa shape index (κ3) is 1.83. The largest absolute Gasteiger partial charge is 0.481 e. The van der Waals surface area contributed by atoms with Gasteiger partial charge >= 0.3 is 5.97 Å². The van der Waals surface area contributed by atoms with Crippen molar-refractivity contribution in [1.82, 2.24) is 4.98 Å². The summed E-state index contributed by atoms with van der Waals surface area (Å²) in [5, 5.41) is 10.9. The monoisotopic (exact) mass is 296 g/mol. The van der Waals surface area contributed by atoms with Crippen LogP contribution < -0.4 is 4.90 Å². The molecule has 1 saturated carbocycles. The van der Waals surface area contributed by atoms with Crippen molar-refractivity contribution in [2.24, 2.45) is 11.3 Å². The Bertz CT molecular complexity index is 758. The van der Waals surface area contributed by atoms with Crippen molar-refractivity contribution in [1.29, 1.82) is 0 Å². The zero-order chi connectivity index (χ0) is 15.3. The van der Waals surface area contributed by atoms with Crippen molar-refractivity contribution in [3.63, 3.8) is 0 Å². The number of aryl methyl sites for hydroxylation is 1. The highest BCUT2D eigenvalue weighted by Gasteiger charge is 2.55. The zero-order valence-corrected chi connectivity index (χ0v) is 12.7. The van der Waals surface area contributed by atoms with Crippen molar-refractivity contribution in [3.05, 3.63) is 35.9 Å². The highest BCUT2D eigenvalue weighted by atomic mass is 16.4. The molecule has 22 heavy (non-hydrogen) atoms. The number of carbonyl (C=O) groups is 1. The van der Waals surface area contributed by atoms with Gasteiger partial charge in [-0.2, -0.15) is 0 Å². The molecule has 1 aliphatic heterocycles. The number of para-hydroxylation sites is 1. The minimum Gasteiger partial charge on any atom is -0.481 e. The molecule has 1 aliphatic carbocycles. The third-order valence-electron chi connectivity index (χ3n) is 5.48. The Labute approximate surface area is 129 Å². The number of carboxylic acids is 1. The number of fused-ring (bicyclic) bond motifs is 2. The normalized spacial score (nSPS) is 27.3. The summed E-state index contributed by atoms with van der Waals surface area (Å²) in [5.41, 5.74) is 1.54. The Morgan fingerprint density at radius 3 is 3.00 bits per heavy atom. The summed E-state index contributed by atoms with van der Waals surface area (Å²) in [4.78, 5) is 18.8. The van der Waals surface area contributed by atoms with Crippen LogP contribution >= 0.6 is 0 Å². The third-order valence-corrected chi connectivity index (χ3v) is 5.48. The van der Waals surface area contributed by atoms with E-state index in [0.29, 0.717) is 6.54 Å². The average Bonchev–Trinajstić information content (AvgIpc) is 3.04. The first-order valence-corrected chi connectivity index (χ1v) is 7.95. The Balaban J connectivity index is 1.74. The first kappa shape index (κ1) is 13.6. The molecule has 0 bridgehead atoms. The van der Waals surface area contributed by atoms with Gasteiger partial charge in [0.25, 0.3) is 0 Å². The van der Waals surface area contributed by atoms with Gasteiger partial charge in [0, 0.05) is 18.5 Å². The van der Waals surface area contributed by atoms with E-state index in [1.165, 1.54) is 0 Å². The fraction of sp³-hybridized carbons (Fsp3) is 0.444. The van der Waals surface area contributed by atoms with Crippen LogP contribution in [0, 0.1) is 18.3 Å². The molecule has 114 valence electrons. The van der Waals surface area contributed by atoms with Crippen LogP contribution in [0.2, 0.25) is 0 Å². The van der Waals surface area contributed by atoms with E-state index in [2.05, 4.69) is 24.0 Å². The quantitative estimate of drug-likeness (QED) is 0.924. The summed E-state index contributed by atoms with van der Waals surface area (Å²) in [5.74, 6) is 0.585. The Kier molecular flexibility index (Phi) is 2.90. The lowest BCUT2D eigenvalue weighted by atomic mass is 9.81. The van der Waals surface area contributed by atoms with Crippen LogP contribution in [-0.4, -0.2) is 29.1 Å². The second-order valence-electron chi connectivity index (χ2n) is 6.75. The molecule has 0 spiro atoms. The molecule has 1 aromatic carbocycles. The predicted octanol–water partition coefficient (Wildman–Crippen LogP) is 3.23. The van der Waals surface area contributed by atoms with Crippen molar-refractivity contribution in [2.75, 3.05) is 18.0 Å². The summed E-state index contributed by atoms with van der Waals surface area (Å²) < 4.78 is 0. The van der Waals surface area contributed by atoms with Gasteiger partial charge < -0.3 is 10.0 Å². The maximum atomic E-state index is 11.8. The number of carboxylic acid groups (broad SMARTS) is 1. The lowest BCUT2D eigenvalue weighted by Gasteiger charge is -2.24. The van der Waals surface area contributed by atoms with E-state index in [9.17, 15) is 9.90 Å². The van der Waals surface area contributed by atoms with E-state index < -0.39 is 11.4 Å². The van der Waals surface area contributed by atoms with E-state index in [1.54, 1.807) is 0 Å². The van der Waals surface area contributed by atoms with Gasteiger partial charge in [0.2, 0.25) is 0 Å². The maximum absolute atomic E-state index is 11.8. The van der Waals surface area contributed by atoms with Crippen LogP contribution in [0.5, 0.6) is 0 Å². The van der Waals surface area contributed by atoms with E-state index in [1.807, 2.05) is 18.2 Å². The minimum atomic E-state index is -0.629. The lowest BCUT2D eigenvalue weighted by Crippen LogP contribution is -2.36. The highest BCUT2D eigenvalue weighted by molar-refractivity contribution is 5.82. The Morgan fingerprint density at radius 2 is 2.23 bits per heavy atom. The molecular formula is C18H20N2O2. The van der Waals surface area contributed by atoms with Crippen LogP contribution in [0.1, 0.15) is 24.8 Å². The number of nitrogens with zero attached hydrogens (tertiary/aromatic N) is 2. The predicted molar refractivity (Wildman–Crippen MR) is 86.1 cm³/mol. The van der Waals surface area contributed by atoms with Gasteiger partial charge in [0.1, 0.15) is 5.82 Å². The number of hydrogen-bond donors (Lipinski definition) is 1. The molecule has 1 saturated heterocycles. The van der Waals surface area contributed by atoms with Crippen molar-refractivity contribution in [2.45, 2.75) is 26.2 Å². The molecule has 0 unspecified atom stereocenters. The second kappa shape index (κ2) is 4.70. The van der Waals surface area contributed by atoms with Crippen LogP contribution in [0.4, 0.5) is 5.82 Å². The van der Waals surface area contributed by atoms with E-state index in [-0.39, 0.29) is 5.92 Å². The van der Waals surface area contributed by atoms with Crippen LogP contribution in [-0.2, 0) is 4.79 Å². The Morgan fingerprint density at radius 1 is 1.41 bits per heavy atom. The number of aromatic nitrogens is 1. The topological polar surface area (TPSA) is 53.4 Å². The molecule has 2 atom stereocenters. The summed E-state index contributed by atoms with van der Waals surface area (Å²) in [6, 6.07) is 10.2. The summed E-state index contributed by atoms with van der Waals surface area (Å²) in [7, 11) is 0. The van der Waals surface area contributed by atoms with Crippen molar-refractivity contribution >= 4 is 22.7 Å². The molecule has 4 nitrogen and oxygen atoms in total. The van der Waals surface area contributed by atoms with Crippen LogP contribution in [0.25, 0.3) is 10.9 Å². The highest BCUT2D eigenvalue weighted by Crippen LogP contribution is 2.50. The molecule has 2 fully saturated rings. The fourth-order valence-electron chi connectivity index (χ4n) is 4.33.